The van der Waals surface area contributed by atoms with Gasteiger partial charge < -0.3 is 9.47 Å². The number of Topliss-reactive ketones (excluding diaryl/α,β-unsaturated/α-hetero) is 1. The Kier molecular flexibility index (Phi) is 2.46. The Morgan fingerprint density at radius 1 is 1.12 bits per heavy atom. The van der Waals surface area contributed by atoms with Crippen LogP contribution in [0, 0.1) is 5.41 Å². The Morgan fingerprint density at radius 3 is 2.53 bits per heavy atom. The molecule has 1 spiro atoms. The van der Waals surface area contributed by atoms with Gasteiger partial charge in [-0.15, -0.1) is 0 Å². The van der Waals surface area contributed by atoms with E-state index in [4.69, 9.17) is 9.47 Å². The van der Waals surface area contributed by atoms with Crippen molar-refractivity contribution >= 4 is 5.78 Å². The quantitative estimate of drug-likeness (QED) is 0.648. The molecule has 2 fully saturated rings. The third-order valence-electron chi connectivity index (χ3n) is 4.82. The van der Waals surface area contributed by atoms with Crippen molar-refractivity contribution in [2.45, 2.75) is 51.7 Å². The minimum atomic E-state index is -0.409. The van der Waals surface area contributed by atoms with Crippen LogP contribution in [0.5, 0.6) is 0 Å². The maximum absolute atomic E-state index is 11.9. The molecule has 1 atom stereocenters. The van der Waals surface area contributed by atoms with Crippen LogP contribution >= 0.6 is 0 Å². The summed E-state index contributed by atoms with van der Waals surface area (Å²) in [5.74, 6) is -0.0965. The van der Waals surface area contributed by atoms with Gasteiger partial charge in [-0.2, -0.15) is 0 Å². The van der Waals surface area contributed by atoms with Gasteiger partial charge in [0, 0.05) is 19.3 Å². The Labute approximate surface area is 102 Å². The zero-order valence-corrected chi connectivity index (χ0v) is 10.7. The number of carbonyl (C=O) groups excluding carboxylic acids is 1. The van der Waals surface area contributed by atoms with Crippen molar-refractivity contribution in [3.63, 3.8) is 0 Å². The molecule has 0 N–H and O–H groups in total. The lowest BCUT2D eigenvalue weighted by molar-refractivity contribution is -0.177. The zero-order valence-electron chi connectivity index (χ0n) is 10.7. The Balaban J connectivity index is 1.97. The van der Waals surface area contributed by atoms with Gasteiger partial charge in [-0.1, -0.05) is 12.5 Å². The van der Waals surface area contributed by atoms with E-state index in [0.717, 1.165) is 31.3 Å². The highest BCUT2D eigenvalue weighted by Crippen LogP contribution is 2.53. The van der Waals surface area contributed by atoms with E-state index in [9.17, 15) is 4.79 Å². The molecule has 3 aliphatic rings. The molecular weight excluding hydrogens is 216 g/mol. The summed E-state index contributed by atoms with van der Waals surface area (Å²) < 4.78 is 11.6. The molecule has 0 radical (unpaired) electrons. The van der Waals surface area contributed by atoms with Gasteiger partial charge in [0.1, 0.15) is 0 Å². The summed E-state index contributed by atoms with van der Waals surface area (Å²) in [6.45, 7) is 5.65. The van der Waals surface area contributed by atoms with Gasteiger partial charge >= 0.3 is 0 Å². The first-order valence-corrected chi connectivity index (χ1v) is 6.56. The van der Waals surface area contributed by atoms with Crippen LogP contribution in [0.15, 0.2) is 11.1 Å². The topological polar surface area (TPSA) is 35.5 Å². The fourth-order valence-corrected chi connectivity index (χ4v) is 3.54. The highest BCUT2D eigenvalue weighted by atomic mass is 16.7. The number of carbonyl (C=O) groups is 1. The Morgan fingerprint density at radius 2 is 1.82 bits per heavy atom. The third-order valence-corrected chi connectivity index (χ3v) is 4.82. The smallest absolute Gasteiger partial charge is 0.172 e. The predicted molar refractivity (Wildman–Crippen MR) is 63.5 cm³/mol. The van der Waals surface area contributed by atoms with Crippen LogP contribution < -0.4 is 0 Å². The first-order valence-electron chi connectivity index (χ1n) is 6.56. The van der Waals surface area contributed by atoms with Crippen LogP contribution in [0.1, 0.15) is 46.0 Å². The van der Waals surface area contributed by atoms with Gasteiger partial charge in [0.25, 0.3) is 0 Å². The molecule has 0 aromatic rings. The average Bonchev–Trinajstić information content (AvgIpc) is 2.76. The number of ketones is 1. The molecule has 0 aromatic heterocycles. The van der Waals surface area contributed by atoms with Crippen LogP contribution in [-0.4, -0.2) is 24.8 Å². The van der Waals surface area contributed by atoms with Gasteiger partial charge in [0.2, 0.25) is 0 Å². The van der Waals surface area contributed by atoms with E-state index in [0.29, 0.717) is 25.4 Å². The normalized spacial score (nSPS) is 36.5. The second-order valence-corrected chi connectivity index (χ2v) is 5.87. The summed E-state index contributed by atoms with van der Waals surface area (Å²) in [5, 5.41) is 0. The molecule has 0 bridgehead atoms. The maximum atomic E-state index is 11.9. The molecular formula is C14H20O3. The van der Waals surface area contributed by atoms with Crippen molar-refractivity contribution in [3.05, 3.63) is 11.1 Å². The standard InChI is InChI=1S/C14H20O3/c1-10-11-9-14(16-7-8-17-14)6-5-13(11,2)4-3-12(10)15/h3-9H2,1-2H3. The SMILES string of the molecule is CC1=C2CC3(CCC2(C)CCC1=O)OCCO3. The molecule has 94 valence electrons. The number of hydrogen-bond donors (Lipinski definition) is 0. The van der Waals surface area contributed by atoms with Crippen molar-refractivity contribution in [2.24, 2.45) is 5.41 Å². The number of rotatable bonds is 0. The monoisotopic (exact) mass is 236 g/mol. The first-order chi connectivity index (χ1) is 8.05. The van der Waals surface area contributed by atoms with Crippen LogP contribution in [0.3, 0.4) is 0 Å². The van der Waals surface area contributed by atoms with E-state index in [1.54, 1.807) is 0 Å². The van der Waals surface area contributed by atoms with Crippen molar-refractivity contribution in [1.29, 1.82) is 0 Å². The number of fused-ring (bicyclic) bond motifs is 1. The predicted octanol–water partition coefficient (Wildman–Crippen LogP) is 2.60. The van der Waals surface area contributed by atoms with Gasteiger partial charge in [0.05, 0.1) is 13.2 Å². The van der Waals surface area contributed by atoms with Crippen LogP contribution in [-0.2, 0) is 14.3 Å². The van der Waals surface area contributed by atoms with Crippen molar-refractivity contribution in [3.8, 4) is 0 Å². The zero-order chi connectivity index (χ0) is 12.1. The van der Waals surface area contributed by atoms with E-state index in [2.05, 4.69) is 6.92 Å². The van der Waals surface area contributed by atoms with Crippen LogP contribution in [0.2, 0.25) is 0 Å². The molecule has 1 unspecified atom stereocenters. The van der Waals surface area contributed by atoms with Gasteiger partial charge in [-0.3, -0.25) is 4.79 Å². The largest absolute Gasteiger partial charge is 0.347 e. The second-order valence-electron chi connectivity index (χ2n) is 5.87. The Hall–Kier alpha value is -0.670. The Bertz CT molecular complexity index is 390. The molecule has 1 aliphatic heterocycles. The molecule has 17 heavy (non-hydrogen) atoms. The molecule has 1 heterocycles. The molecule has 3 nitrogen and oxygen atoms in total. The van der Waals surface area contributed by atoms with Crippen molar-refractivity contribution in [1.82, 2.24) is 0 Å². The van der Waals surface area contributed by atoms with Crippen LogP contribution in [0.25, 0.3) is 0 Å². The van der Waals surface area contributed by atoms with Crippen LogP contribution in [0.4, 0.5) is 0 Å². The summed E-state index contributed by atoms with van der Waals surface area (Å²) in [7, 11) is 0. The lowest BCUT2D eigenvalue weighted by Gasteiger charge is -2.46. The van der Waals surface area contributed by atoms with Gasteiger partial charge in [-0.05, 0) is 30.8 Å². The summed E-state index contributed by atoms with van der Waals surface area (Å²) in [6.07, 6.45) is 4.54. The highest BCUT2D eigenvalue weighted by molar-refractivity contribution is 5.96. The number of ether oxygens (including phenoxy) is 2. The van der Waals surface area contributed by atoms with E-state index in [1.165, 1.54) is 5.57 Å². The molecule has 0 aromatic carbocycles. The van der Waals surface area contributed by atoms with E-state index in [-0.39, 0.29) is 5.41 Å². The lowest BCUT2D eigenvalue weighted by atomic mass is 9.62. The van der Waals surface area contributed by atoms with E-state index in [1.807, 2.05) is 6.92 Å². The van der Waals surface area contributed by atoms with E-state index < -0.39 is 5.79 Å². The summed E-state index contributed by atoms with van der Waals surface area (Å²) in [5.41, 5.74) is 2.47. The van der Waals surface area contributed by atoms with Gasteiger partial charge in [0.15, 0.2) is 11.6 Å². The third kappa shape index (κ3) is 1.67. The summed E-state index contributed by atoms with van der Waals surface area (Å²) in [4.78, 5) is 11.9. The number of allylic oxidation sites excluding steroid dienone is 1. The maximum Gasteiger partial charge on any atom is 0.172 e. The second kappa shape index (κ2) is 3.66. The fraction of sp³-hybridized carbons (Fsp3) is 0.786. The van der Waals surface area contributed by atoms with Crippen molar-refractivity contribution in [2.75, 3.05) is 13.2 Å². The summed E-state index contributed by atoms with van der Waals surface area (Å²) >= 11 is 0. The fourth-order valence-electron chi connectivity index (χ4n) is 3.54. The molecule has 1 saturated heterocycles. The average molecular weight is 236 g/mol. The first kappa shape index (κ1) is 11.4. The molecule has 0 amide bonds. The minimum Gasteiger partial charge on any atom is -0.347 e. The molecule has 3 heteroatoms. The summed E-state index contributed by atoms with van der Waals surface area (Å²) in [6, 6.07) is 0. The lowest BCUT2D eigenvalue weighted by Crippen LogP contribution is -2.43. The highest BCUT2D eigenvalue weighted by Gasteiger charge is 2.49. The molecule has 2 aliphatic carbocycles. The van der Waals surface area contributed by atoms with E-state index >= 15 is 0 Å². The van der Waals surface area contributed by atoms with Crippen molar-refractivity contribution < 1.29 is 14.3 Å². The van der Waals surface area contributed by atoms with Gasteiger partial charge in [-0.25, -0.2) is 0 Å². The molecule has 1 saturated carbocycles. The minimum absolute atomic E-state index is 0.207. The number of hydrogen-bond acceptors (Lipinski definition) is 3. The molecule has 3 rings (SSSR count).